The summed E-state index contributed by atoms with van der Waals surface area (Å²) in [7, 11) is 0. The van der Waals surface area contributed by atoms with Gasteiger partial charge in [-0.15, -0.1) is 0 Å². The van der Waals surface area contributed by atoms with Gasteiger partial charge in [0.05, 0.1) is 6.26 Å². The molecule has 2 nitrogen and oxygen atoms in total. The van der Waals surface area contributed by atoms with Gasteiger partial charge in [0.25, 0.3) is 0 Å². The van der Waals surface area contributed by atoms with Crippen molar-refractivity contribution in [2.45, 2.75) is 6.92 Å². The molecule has 0 unspecified atom stereocenters. The van der Waals surface area contributed by atoms with Crippen molar-refractivity contribution in [1.29, 1.82) is 0 Å². The second-order valence-corrected chi connectivity index (χ2v) is 2.37. The second-order valence-electron chi connectivity index (χ2n) is 2.37. The Bertz CT molecular complexity index is 297. The van der Waals surface area contributed by atoms with E-state index in [4.69, 9.17) is 10.2 Å². The molecule has 0 bridgehead atoms. The van der Waals surface area contributed by atoms with Gasteiger partial charge in [0.2, 0.25) is 0 Å². The highest BCUT2D eigenvalue weighted by Gasteiger charge is 1.89. The van der Waals surface area contributed by atoms with Crippen molar-refractivity contribution >= 4 is 11.0 Å². The number of benzene rings is 1. The van der Waals surface area contributed by atoms with Crippen LogP contribution in [0.2, 0.25) is 0 Å². The fourth-order valence-corrected chi connectivity index (χ4v) is 0.906. The Morgan fingerprint density at radius 3 is 2.58 bits per heavy atom. The van der Waals surface area contributed by atoms with Crippen LogP contribution in [0.5, 0.6) is 0 Å². The highest BCUT2D eigenvalue weighted by atomic mass is 16.3. The minimum atomic E-state index is 0.750. The lowest BCUT2D eigenvalue weighted by molar-refractivity contribution is 0.616. The predicted octanol–water partition coefficient (Wildman–Crippen LogP) is 2.40. The van der Waals surface area contributed by atoms with Crippen LogP contribution in [0.4, 0.5) is 0 Å². The molecule has 2 aromatic rings. The lowest BCUT2D eigenvalue weighted by Gasteiger charge is -1.81. The van der Waals surface area contributed by atoms with E-state index in [-0.39, 0.29) is 0 Å². The number of hydrogen-bond donors (Lipinski definition) is 1. The van der Waals surface area contributed by atoms with Gasteiger partial charge in [-0.2, -0.15) is 0 Å². The van der Waals surface area contributed by atoms with E-state index < -0.39 is 0 Å². The molecule has 0 aliphatic rings. The van der Waals surface area contributed by atoms with E-state index in [1.165, 1.54) is 0 Å². The van der Waals surface area contributed by atoms with Gasteiger partial charge >= 0.3 is 0 Å². The molecule has 0 saturated heterocycles. The zero-order valence-electron chi connectivity index (χ0n) is 7.16. The van der Waals surface area contributed by atoms with Gasteiger partial charge in [-0.05, 0) is 18.7 Å². The molecule has 0 aliphatic heterocycles. The topological polar surface area (TPSA) is 39.2 Å². The van der Waals surface area contributed by atoms with Gasteiger partial charge in [0.1, 0.15) is 5.58 Å². The van der Waals surface area contributed by atoms with Crippen LogP contribution in [-0.4, -0.2) is 6.54 Å². The number of nitrogens with two attached hydrogens (primary N) is 1. The Hall–Kier alpha value is -1.28. The highest BCUT2D eigenvalue weighted by molar-refractivity contribution is 5.76. The van der Waals surface area contributed by atoms with Crippen LogP contribution in [-0.2, 0) is 0 Å². The van der Waals surface area contributed by atoms with Gasteiger partial charge in [-0.25, -0.2) is 0 Å². The van der Waals surface area contributed by atoms with Crippen LogP contribution in [0.25, 0.3) is 11.0 Å². The van der Waals surface area contributed by atoms with Crippen molar-refractivity contribution in [2.24, 2.45) is 5.73 Å². The summed E-state index contributed by atoms with van der Waals surface area (Å²) in [5.74, 6) is 0. The van der Waals surface area contributed by atoms with Crippen molar-refractivity contribution in [3.63, 3.8) is 0 Å². The third-order valence-electron chi connectivity index (χ3n) is 1.36. The summed E-state index contributed by atoms with van der Waals surface area (Å²) in [6.45, 7) is 2.65. The molecule has 1 heterocycles. The van der Waals surface area contributed by atoms with Gasteiger partial charge < -0.3 is 10.2 Å². The Kier molecular flexibility index (Phi) is 3.35. The molecule has 12 heavy (non-hydrogen) atoms. The molecule has 2 N–H and O–H groups in total. The molecule has 0 fully saturated rings. The first-order valence-corrected chi connectivity index (χ1v) is 4.00. The highest BCUT2D eigenvalue weighted by Crippen LogP contribution is 2.12. The number of rotatable bonds is 0. The zero-order valence-corrected chi connectivity index (χ0v) is 7.16. The van der Waals surface area contributed by atoms with Crippen molar-refractivity contribution in [1.82, 2.24) is 0 Å². The van der Waals surface area contributed by atoms with Crippen LogP contribution in [0.15, 0.2) is 41.0 Å². The molecule has 1 aromatic carbocycles. The normalized spacial score (nSPS) is 9.17. The van der Waals surface area contributed by atoms with Crippen LogP contribution in [0, 0.1) is 0 Å². The first-order chi connectivity index (χ1) is 5.88. The molecule has 0 atom stereocenters. The summed E-state index contributed by atoms with van der Waals surface area (Å²) in [4.78, 5) is 0. The van der Waals surface area contributed by atoms with Gasteiger partial charge in [0, 0.05) is 5.39 Å². The predicted molar refractivity (Wildman–Crippen MR) is 50.9 cm³/mol. The molecule has 0 saturated carbocycles. The van der Waals surface area contributed by atoms with Crippen LogP contribution in [0.3, 0.4) is 0 Å². The van der Waals surface area contributed by atoms with Crippen molar-refractivity contribution in [3.05, 3.63) is 36.6 Å². The van der Waals surface area contributed by atoms with Crippen molar-refractivity contribution in [3.8, 4) is 0 Å². The van der Waals surface area contributed by atoms with Crippen LogP contribution >= 0.6 is 0 Å². The van der Waals surface area contributed by atoms with Crippen molar-refractivity contribution < 1.29 is 4.42 Å². The van der Waals surface area contributed by atoms with E-state index in [1.807, 2.05) is 37.3 Å². The summed E-state index contributed by atoms with van der Waals surface area (Å²) in [6.07, 6.45) is 1.70. The maximum absolute atomic E-state index is 5.12. The standard InChI is InChI=1S/C8H6O.C2H7N/c1-2-4-8-7(3-1)5-6-9-8;1-2-3/h1-6H;2-3H2,1H3. The average molecular weight is 163 g/mol. The number of fused-ring (bicyclic) bond motifs is 1. The molecule has 64 valence electrons. The van der Waals surface area contributed by atoms with Crippen molar-refractivity contribution in [2.75, 3.05) is 6.54 Å². The molecule has 0 spiro atoms. The van der Waals surface area contributed by atoms with Crippen LogP contribution < -0.4 is 5.73 Å². The molecule has 1 aromatic heterocycles. The van der Waals surface area contributed by atoms with Gasteiger partial charge in [0.15, 0.2) is 0 Å². The summed E-state index contributed by atoms with van der Waals surface area (Å²) < 4.78 is 5.12. The first kappa shape index (κ1) is 8.81. The second kappa shape index (κ2) is 4.57. The van der Waals surface area contributed by atoms with Gasteiger partial charge in [-0.3, -0.25) is 0 Å². The van der Waals surface area contributed by atoms with Crippen LogP contribution in [0.1, 0.15) is 6.92 Å². The Morgan fingerprint density at radius 2 is 1.92 bits per heavy atom. The van der Waals surface area contributed by atoms with E-state index in [9.17, 15) is 0 Å². The molecular formula is C10H13NO. The Labute approximate surface area is 72.0 Å². The maximum Gasteiger partial charge on any atom is 0.133 e. The largest absolute Gasteiger partial charge is 0.464 e. The van der Waals surface area contributed by atoms with E-state index in [0.717, 1.165) is 17.5 Å². The molecule has 2 rings (SSSR count). The molecule has 0 amide bonds. The summed E-state index contributed by atoms with van der Waals surface area (Å²) in [6, 6.07) is 9.90. The quantitative estimate of drug-likeness (QED) is 0.647. The number of hydrogen-bond acceptors (Lipinski definition) is 2. The summed E-state index contributed by atoms with van der Waals surface area (Å²) in [5.41, 5.74) is 5.80. The fraction of sp³-hybridized carbons (Fsp3) is 0.200. The molecule has 2 heteroatoms. The van der Waals surface area contributed by atoms with E-state index in [1.54, 1.807) is 6.26 Å². The third-order valence-corrected chi connectivity index (χ3v) is 1.36. The average Bonchev–Trinajstić information content (AvgIpc) is 2.52. The van der Waals surface area contributed by atoms with E-state index >= 15 is 0 Å². The molecular weight excluding hydrogens is 150 g/mol. The zero-order chi connectivity index (χ0) is 8.81. The van der Waals surface area contributed by atoms with E-state index in [0.29, 0.717) is 0 Å². The SMILES string of the molecule is CCN.c1ccc2occc2c1. The number of furan rings is 1. The number of para-hydroxylation sites is 1. The third kappa shape index (κ3) is 2.10. The molecule has 0 aliphatic carbocycles. The minimum absolute atomic E-state index is 0.750. The maximum atomic E-state index is 5.12. The lowest BCUT2D eigenvalue weighted by atomic mass is 10.3. The Morgan fingerprint density at radius 1 is 1.25 bits per heavy atom. The lowest BCUT2D eigenvalue weighted by Crippen LogP contribution is -1.87. The first-order valence-electron chi connectivity index (χ1n) is 4.00. The van der Waals surface area contributed by atoms with Gasteiger partial charge in [-0.1, -0.05) is 25.1 Å². The summed E-state index contributed by atoms with van der Waals surface area (Å²) in [5, 5.41) is 1.16. The minimum Gasteiger partial charge on any atom is -0.464 e. The fourth-order valence-electron chi connectivity index (χ4n) is 0.906. The Balaban J connectivity index is 0.000000213. The van der Waals surface area contributed by atoms with E-state index in [2.05, 4.69) is 0 Å². The smallest absolute Gasteiger partial charge is 0.133 e. The monoisotopic (exact) mass is 163 g/mol. The molecule has 0 radical (unpaired) electrons. The summed E-state index contributed by atoms with van der Waals surface area (Å²) >= 11 is 0.